The lowest BCUT2D eigenvalue weighted by molar-refractivity contribution is 0.414. The van der Waals surface area contributed by atoms with E-state index in [1.165, 1.54) is 5.56 Å². The van der Waals surface area contributed by atoms with E-state index in [1.807, 2.05) is 25.2 Å². The van der Waals surface area contributed by atoms with Crippen LogP contribution in [0.25, 0.3) is 0 Å². The van der Waals surface area contributed by atoms with Crippen molar-refractivity contribution in [3.05, 3.63) is 41.6 Å². The lowest BCUT2D eigenvalue weighted by Crippen LogP contribution is -1.97. The van der Waals surface area contributed by atoms with Crippen LogP contribution in [-0.4, -0.2) is 16.9 Å². The third kappa shape index (κ3) is 2.78. The van der Waals surface area contributed by atoms with Crippen LogP contribution >= 0.6 is 0 Å². The van der Waals surface area contributed by atoms with Gasteiger partial charge < -0.3 is 10.5 Å². The van der Waals surface area contributed by atoms with Gasteiger partial charge in [-0.15, -0.1) is 0 Å². The van der Waals surface area contributed by atoms with Crippen molar-refractivity contribution in [3.8, 4) is 5.75 Å². The molecule has 0 radical (unpaired) electrons. The predicted molar refractivity (Wildman–Crippen MR) is 68.0 cm³/mol. The monoisotopic (exact) mass is 231 g/mol. The lowest BCUT2D eigenvalue weighted by atomic mass is 10.1. The highest BCUT2D eigenvalue weighted by Gasteiger charge is 2.02. The quantitative estimate of drug-likeness (QED) is 0.873. The molecule has 0 bridgehead atoms. The zero-order valence-corrected chi connectivity index (χ0v) is 10.2. The summed E-state index contributed by atoms with van der Waals surface area (Å²) >= 11 is 0. The number of nitrogens with two attached hydrogens (primary N) is 1. The number of ether oxygens (including phenoxy) is 1. The molecular weight excluding hydrogens is 214 g/mol. The summed E-state index contributed by atoms with van der Waals surface area (Å²) < 4.78 is 6.82. The zero-order chi connectivity index (χ0) is 12.3. The van der Waals surface area contributed by atoms with Crippen molar-refractivity contribution >= 4 is 5.82 Å². The Labute approximate surface area is 101 Å². The number of aromatic nitrogens is 2. The number of aryl methyl sites for hydroxylation is 3. The molecule has 1 aromatic carbocycles. The van der Waals surface area contributed by atoms with E-state index >= 15 is 0 Å². The molecule has 1 aromatic heterocycles. The number of hydrogen-bond acceptors (Lipinski definition) is 3. The molecule has 0 unspecified atom stereocenters. The zero-order valence-electron chi connectivity index (χ0n) is 10.2. The molecule has 4 heteroatoms. The van der Waals surface area contributed by atoms with Gasteiger partial charge >= 0.3 is 0 Å². The average molecular weight is 231 g/mol. The highest BCUT2D eigenvalue weighted by molar-refractivity contribution is 5.31. The molecule has 0 saturated carbocycles. The second-order valence-corrected chi connectivity index (χ2v) is 4.03. The first-order valence-corrected chi connectivity index (χ1v) is 5.60. The maximum atomic E-state index is 5.73. The predicted octanol–water partition coefficient (Wildman–Crippen LogP) is 1.80. The molecule has 0 spiro atoms. The standard InChI is InChI=1S/C13H17N3O/c1-16-13(14)9-11(15-16)6-3-10-4-7-12(17-2)8-5-10/h4-5,7-9H,3,6,14H2,1-2H3. The summed E-state index contributed by atoms with van der Waals surface area (Å²) in [5.74, 6) is 1.59. The molecule has 0 amide bonds. The Morgan fingerprint density at radius 1 is 1.24 bits per heavy atom. The number of benzene rings is 1. The van der Waals surface area contributed by atoms with E-state index in [0.29, 0.717) is 5.82 Å². The number of rotatable bonds is 4. The Balaban J connectivity index is 1.97. The number of hydrogen-bond donors (Lipinski definition) is 1. The van der Waals surface area contributed by atoms with E-state index in [2.05, 4.69) is 17.2 Å². The van der Waals surface area contributed by atoms with Crippen LogP contribution in [0.15, 0.2) is 30.3 Å². The van der Waals surface area contributed by atoms with Gasteiger partial charge in [-0.05, 0) is 30.5 Å². The Morgan fingerprint density at radius 2 is 1.94 bits per heavy atom. The molecule has 2 N–H and O–H groups in total. The Hall–Kier alpha value is -1.97. The maximum Gasteiger partial charge on any atom is 0.121 e. The van der Waals surface area contributed by atoms with Crippen molar-refractivity contribution in [3.63, 3.8) is 0 Å². The minimum atomic E-state index is 0.703. The van der Waals surface area contributed by atoms with E-state index in [0.717, 1.165) is 24.3 Å². The normalized spacial score (nSPS) is 10.5. The highest BCUT2D eigenvalue weighted by Crippen LogP contribution is 2.13. The summed E-state index contributed by atoms with van der Waals surface area (Å²) in [7, 11) is 3.53. The van der Waals surface area contributed by atoms with Crippen LogP contribution in [0.4, 0.5) is 5.82 Å². The van der Waals surface area contributed by atoms with Crippen molar-refractivity contribution in [2.24, 2.45) is 7.05 Å². The first-order chi connectivity index (χ1) is 8.19. The van der Waals surface area contributed by atoms with Gasteiger partial charge in [0.05, 0.1) is 12.8 Å². The topological polar surface area (TPSA) is 53.1 Å². The molecule has 0 aliphatic rings. The summed E-state index contributed by atoms with van der Waals surface area (Å²) in [5, 5.41) is 4.33. The van der Waals surface area contributed by atoms with Gasteiger partial charge in [-0.3, -0.25) is 4.68 Å². The van der Waals surface area contributed by atoms with Gasteiger partial charge in [0.2, 0.25) is 0 Å². The van der Waals surface area contributed by atoms with E-state index in [9.17, 15) is 0 Å². The fourth-order valence-corrected chi connectivity index (χ4v) is 1.73. The first kappa shape index (κ1) is 11.5. The molecule has 2 rings (SSSR count). The van der Waals surface area contributed by atoms with Crippen molar-refractivity contribution in [2.75, 3.05) is 12.8 Å². The number of nitrogens with zero attached hydrogens (tertiary/aromatic N) is 2. The van der Waals surface area contributed by atoms with Crippen LogP contribution in [0.5, 0.6) is 5.75 Å². The molecule has 0 saturated heterocycles. The van der Waals surface area contributed by atoms with E-state index < -0.39 is 0 Å². The van der Waals surface area contributed by atoms with Crippen LogP contribution in [0.3, 0.4) is 0 Å². The van der Waals surface area contributed by atoms with Crippen LogP contribution in [-0.2, 0) is 19.9 Å². The summed E-state index contributed by atoms with van der Waals surface area (Å²) in [6, 6.07) is 10.0. The number of methoxy groups -OCH3 is 1. The van der Waals surface area contributed by atoms with Gasteiger partial charge in [-0.2, -0.15) is 5.10 Å². The van der Waals surface area contributed by atoms with E-state index in [-0.39, 0.29) is 0 Å². The van der Waals surface area contributed by atoms with Gasteiger partial charge in [0, 0.05) is 13.1 Å². The maximum absolute atomic E-state index is 5.73. The molecule has 2 aromatic rings. The molecule has 0 aliphatic heterocycles. The van der Waals surface area contributed by atoms with Crippen LogP contribution < -0.4 is 10.5 Å². The average Bonchev–Trinajstić information content (AvgIpc) is 2.67. The largest absolute Gasteiger partial charge is 0.497 e. The van der Waals surface area contributed by atoms with Gasteiger partial charge in [0.15, 0.2) is 0 Å². The molecule has 0 atom stereocenters. The minimum absolute atomic E-state index is 0.703. The summed E-state index contributed by atoms with van der Waals surface area (Å²) in [6.45, 7) is 0. The number of anilines is 1. The first-order valence-electron chi connectivity index (χ1n) is 5.60. The number of nitrogen functional groups attached to an aromatic ring is 1. The second-order valence-electron chi connectivity index (χ2n) is 4.03. The highest BCUT2D eigenvalue weighted by atomic mass is 16.5. The fraction of sp³-hybridized carbons (Fsp3) is 0.308. The molecule has 4 nitrogen and oxygen atoms in total. The van der Waals surface area contributed by atoms with Crippen LogP contribution in [0.1, 0.15) is 11.3 Å². The van der Waals surface area contributed by atoms with Gasteiger partial charge in [-0.1, -0.05) is 12.1 Å². The minimum Gasteiger partial charge on any atom is -0.497 e. The van der Waals surface area contributed by atoms with E-state index in [4.69, 9.17) is 10.5 Å². The Morgan fingerprint density at radius 3 is 2.47 bits per heavy atom. The third-order valence-corrected chi connectivity index (χ3v) is 2.80. The molecule has 0 fully saturated rings. The molecule has 90 valence electrons. The molecule has 0 aliphatic carbocycles. The second kappa shape index (κ2) is 4.91. The van der Waals surface area contributed by atoms with Crippen molar-refractivity contribution in [2.45, 2.75) is 12.8 Å². The molecule has 17 heavy (non-hydrogen) atoms. The van der Waals surface area contributed by atoms with Gasteiger partial charge in [-0.25, -0.2) is 0 Å². The van der Waals surface area contributed by atoms with Crippen molar-refractivity contribution in [1.82, 2.24) is 9.78 Å². The third-order valence-electron chi connectivity index (χ3n) is 2.80. The Bertz CT molecular complexity index is 468. The summed E-state index contributed by atoms with van der Waals surface area (Å²) in [6.07, 6.45) is 1.86. The molecular formula is C13H17N3O. The smallest absolute Gasteiger partial charge is 0.121 e. The van der Waals surface area contributed by atoms with E-state index in [1.54, 1.807) is 11.8 Å². The summed E-state index contributed by atoms with van der Waals surface area (Å²) in [5.41, 5.74) is 8.03. The van der Waals surface area contributed by atoms with Gasteiger partial charge in [0.1, 0.15) is 11.6 Å². The molecule has 1 heterocycles. The van der Waals surface area contributed by atoms with Crippen molar-refractivity contribution in [1.29, 1.82) is 0 Å². The van der Waals surface area contributed by atoms with Gasteiger partial charge in [0.25, 0.3) is 0 Å². The van der Waals surface area contributed by atoms with Crippen LogP contribution in [0, 0.1) is 0 Å². The SMILES string of the molecule is COc1ccc(CCc2cc(N)n(C)n2)cc1. The summed E-state index contributed by atoms with van der Waals surface area (Å²) in [4.78, 5) is 0. The van der Waals surface area contributed by atoms with Crippen molar-refractivity contribution < 1.29 is 4.74 Å². The Kier molecular flexibility index (Phi) is 3.32. The lowest BCUT2D eigenvalue weighted by Gasteiger charge is -2.02. The fourth-order valence-electron chi connectivity index (χ4n) is 1.73. The van der Waals surface area contributed by atoms with Crippen LogP contribution in [0.2, 0.25) is 0 Å².